The maximum atomic E-state index is 12.5. The molecule has 0 saturated heterocycles. The molecule has 2 N–H and O–H groups in total. The first-order valence-corrected chi connectivity index (χ1v) is 10.9. The van der Waals surface area contributed by atoms with Crippen molar-refractivity contribution in [1.82, 2.24) is 10.3 Å². The van der Waals surface area contributed by atoms with Gasteiger partial charge in [-0.3, -0.25) is 10.1 Å². The predicted molar refractivity (Wildman–Crippen MR) is 128 cm³/mol. The van der Waals surface area contributed by atoms with E-state index in [1.54, 1.807) is 29.5 Å². The summed E-state index contributed by atoms with van der Waals surface area (Å²) in [5, 5.41) is 7.18. The summed E-state index contributed by atoms with van der Waals surface area (Å²) in [5.41, 5.74) is 2.95. The molecular weight excluding hydrogens is 490 g/mol. The van der Waals surface area contributed by atoms with E-state index in [1.807, 2.05) is 48.5 Å². The Balaban J connectivity index is 1.56. The zero-order valence-electron chi connectivity index (χ0n) is 14.8. The molecule has 0 aliphatic carbocycles. The smallest absolute Gasteiger partial charge is 0.258 e. The summed E-state index contributed by atoms with van der Waals surface area (Å²) in [6.07, 6.45) is 0. The molecule has 0 radical (unpaired) electrons. The van der Waals surface area contributed by atoms with Crippen molar-refractivity contribution in [3.05, 3.63) is 81.8 Å². The van der Waals surface area contributed by atoms with Crippen LogP contribution in [0, 0.1) is 0 Å². The number of amides is 1. The van der Waals surface area contributed by atoms with E-state index in [4.69, 9.17) is 28.8 Å². The van der Waals surface area contributed by atoms with Crippen LogP contribution in [0.25, 0.3) is 20.8 Å². The third-order valence-corrected chi connectivity index (χ3v) is 6.20. The third kappa shape index (κ3) is 4.48. The minimum Gasteiger partial charge on any atom is -0.332 e. The molecular formula is C21H13BrClN3OS2. The normalized spacial score (nSPS) is 10.7. The van der Waals surface area contributed by atoms with Crippen LogP contribution in [0.4, 0.5) is 5.69 Å². The van der Waals surface area contributed by atoms with E-state index in [1.165, 1.54) is 0 Å². The van der Waals surface area contributed by atoms with Crippen molar-refractivity contribution in [1.29, 1.82) is 0 Å². The summed E-state index contributed by atoms with van der Waals surface area (Å²) in [6.45, 7) is 0. The van der Waals surface area contributed by atoms with Crippen molar-refractivity contribution >= 4 is 78.0 Å². The number of hydrogen-bond donors (Lipinski definition) is 2. The van der Waals surface area contributed by atoms with Gasteiger partial charge in [0.1, 0.15) is 5.01 Å². The number of halogens is 2. The van der Waals surface area contributed by atoms with Gasteiger partial charge in [0.2, 0.25) is 0 Å². The van der Waals surface area contributed by atoms with Crippen LogP contribution < -0.4 is 10.6 Å². The van der Waals surface area contributed by atoms with Gasteiger partial charge >= 0.3 is 0 Å². The average molecular weight is 503 g/mol. The van der Waals surface area contributed by atoms with Crippen molar-refractivity contribution in [3.8, 4) is 10.6 Å². The maximum Gasteiger partial charge on any atom is 0.258 e. The Kier molecular flexibility index (Phi) is 5.91. The fourth-order valence-corrected chi connectivity index (χ4v) is 4.53. The Bertz CT molecular complexity index is 1210. The van der Waals surface area contributed by atoms with Gasteiger partial charge in [0.15, 0.2) is 5.11 Å². The molecule has 1 amide bonds. The number of benzene rings is 3. The highest BCUT2D eigenvalue weighted by Crippen LogP contribution is 2.34. The number of hydrogen-bond acceptors (Lipinski definition) is 4. The van der Waals surface area contributed by atoms with Crippen molar-refractivity contribution in [2.45, 2.75) is 0 Å². The number of nitrogens with zero attached hydrogens (tertiary/aromatic N) is 1. The lowest BCUT2D eigenvalue weighted by Crippen LogP contribution is -2.34. The number of carbonyl (C=O) groups is 1. The van der Waals surface area contributed by atoms with Crippen LogP contribution in [-0.4, -0.2) is 16.0 Å². The standard InChI is InChI=1S/C21H13BrClN3OS2/c22-12-9-10-15(23)14(11-12)19(27)26-21(28)25-16-6-2-1-5-13(16)20-24-17-7-3-4-8-18(17)29-20/h1-11H,(H2,25,26,27,28). The number of para-hydroxylation sites is 2. The van der Waals surface area contributed by atoms with Gasteiger partial charge in [0.25, 0.3) is 5.91 Å². The van der Waals surface area contributed by atoms with Crippen LogP contribution in [-0.2, 0) is 0 Å². The number of thiocarbonyl (C=S) groups is 1. The number of nitrogens with one attached hydrogen (secondary N) is 2. The molecule has 3 aromatic carbocycles. The van der Waals surface area contributed by atoms with E-state index in [0.29, 0.717) is 10.6 Å². The lowest BCUT2D eigenvalue weighted by molar-refractivity contribution is 0.0978. The van der Waals surface area contributed by atoms with Gasteiger partial charge in [-0.05, 0) is 54.7 Å². The van der Waals surface area contributed by atoms with E-state index in [-0.39, 0.29) is 11.0 Å². The van der Waals surface area contributed by atoms with Gasteiger partial charge in [0, 0.05) is 10.0 Å². The van der Waals surface area contributed by atoms with Crippen LogP contribution in [0.15, 0.2) is 71.2 Å². The van der Waals surface area contributed by atoms with Crippen molar-refractivity contribution < 1.29 is 4.79 Å². The Morgan fingerprint density at radius 3 is 2.66 bits per heavy atom. The van der Waals surface area contributed by atoms with Crippen LogP contribution in [0.2, 0.25) is 5.02 Å². The summed E-state index contributed by atoms with van der Waals surface area (Å²) in [4.78, 5) is 17.2. The minimum absolute atomic E-state index is 0.180. The van der Waals surface area contributed by atoms with Crippen LogP contribution in [0.1, 0.15) is 10.4 Å². The average Bonchev–Trinajstić information content (AvgIpc) is 3.14. The lowest BCUT2D eigenvalue weighted by atomic mass is 10.2. The first kappa shape index (κ1) is 20.0. The molecule has 4 nitrogen and oxygen atoms in total. The SMILES string of the molecule is O=C(NC(=S)Nc1ccccc1-c1nc2ccccc2s1)c1cc(Br)ccc1Cl. The summed E-state index contributed by atoms with van der Waals surface area (Å²) >= 11 is 16.4. The molecule has 4 aromatic rings. The van der Waals surface area contributed by atoms with Crippen LogP contribution >= 0.6 is 51.1 Å². The highest BCUT2D eigenvalue weighted by molar-refractivity contribution is 9.10. The molecule has 0 aliphatic rings. The first-order chi connectivity index (χ1) is 14.0. The molecule has 0 unspecified atom stereocenters. The zero-order chi connectivity index (χ0) is 20.4. The molecule has 1 aromatic heterocycles. The number of anilines is 1. The molecule has 29 heavy (non-hydrogen) atoms. The Labute approximate surface area is 190 Å². The van der Waals surface area contributed by atoms with Gasteiger partial charge < -0.3 is 5.32 Å². The van der Waals surface area contributed by atoms with Crippen LogP contribution in [0.3, 0.4) is 0 Å². The molecule has 144 valence electrons. The summed E-state index contributed by atoms with van der Waals surface area (Å²) < 4.78 is 1.87. The van der Waals surface area contributed by atoms with E-state index in [2.05, 4.69) is 26.6 Å². The molecule has 4 rings (SSSR count). The van der Waals surface area contributed by atoms with Gasteiger partial charge in [-0.1, -0.05) is 51.8 Å². The van der Waals surface area contributed by atoms with E-state index < -0.39 is 0 Å². The molecule has 0 atom stereocenters. The van der Waals surface area contributed by atoms with Crippen molar-refractivity contribution in [3.63, 3.8) is 0 Å². The monoisotopic (exact) mass is 501 g/mol. The van der Waals surface area contributed by atoms with Gasteiger partial charge in [-0.15, -0.1) is 11.3 Å². The third-order valence-electron chi connectivity index (χ3n) is 4.10. The quantitative estimate of drug-likeness (QED) is 0.314. The highest BCUT2D eigenvalue weighted by Gasteiger charge is 2.15. The Hall–Kier alpha value is -2.32. The molecule has 0 fully saturated rings. The summed E-state index contributed by atoms with van der Waals surface area (Å²) in [5.74, 6) is -0.383. The van der Waals surface area contributed by atoms with Gasteiger partial charge in [0.05, 0.1) is 26.5 Å². The minimum atomic E-state index is -0.383. The topological polar surface area (TPSA) is 54.0 Å². The second-order valence-corrected chi connectivity index (χ2v) is 8.83. The van der Waals surface area contributed by atoms with E-state index in [9.17, 15) is 4.79 Å². The largest absolute Gasteiger partial charge is 0.332 e. The lowest BCUT2D eigenvalue weighted by Gasteiger charge is -2.13. The molecule has 0 bridgehead atoms. The zero-order valence-corrected chi connectivity index (χ0v) is 18.8. The first-order valence-electron chi connectivity index (χ1n) is 8.53. The molecule has 1 heterocycles. The number of thiazole rings is 1. The molecule has 0 saturated carbocycles. The van der Waals surface area contributed by atoms with Gasteiger partial charge in [-0.25, -0.2) is 4.98 Å². The molecule has 0 spiro atoms. The van der Waals surface area contributed by atoms with E-state index >= 15 is 0 Å². The Morgan fingerprint density at radius 1 is 1.07 bits per heavy atom. The second-order valence-electron chi connectivity index (χ2n) is 6.06. The number of fused-ring (bicyclic) bond motifs is 1. The van der Waals surface area contributed by atoms with Gasteiger partial charge in [-0.2, -0.15) is 0 Å². The molecule has 0 aliphatic heterocycles. The number of carbonyl (C=O) groups excluding carboxylic acids is 1. The highest BCUT2D eigenvalue weighted by atomic mass is 79.9. The van der Waals surface area contributed by atoms with Crippen molar-refractivity contribution in [2.75, 3.05) is 5.32 Å². The predicted octanol–water partition coefficient (Wildman–Crippen LogP) is 6.51. The van der Waals surface area contributed by atoms with E-state index in [0.717, 1.165) is 30.9 Å². The fourth-order valence-electron chi connectivity index (χ4n) is 2.76. The summed E-state index contributed by atoms with van der Waals surface area (Å²) in [6, 6.07) is 20.8. The Morgan fingerprint density at radius 2 is 1.83 bits per heavy atom. The second kappa shape index (κ2) is 8.59. The van der Waals surface area contributed by atoms with Crippen molar-refractivity contribution in [2.24, 2.45) is 0 Å². The fraction of sp³-hybridized carbons (Fsp3) is 0. The number of aromatic nitrogens is 1. The maximum absolute atomic E-state index is 12.5. The molecule has 8 heteroatoms. The van der Waals surface area contributed by atoms with Crippen LogP contribution in [0.5, 0.6) is 0 Å². The summed E-state index contributed by atoms with van der Waals surface area (Å²) in [7, 11) is 0. The number of rotatable bonds is 3.